The van der Waals surface area contributed by atoms with Crippen LogP contribution < -0.4 is 5.32 Å². The first kappa shape index (κ1) is 25.3. The predicted molar refractivity (Wildman–Crippen MR) is 153 cm³/mol. The van der Waals surface area contributed by atoms with Crippen molar-refractivity contribution in [1.29, 1.82) is 0 Å². The second-order valence-electron chi connectivity index (χ2n) is 10.6. The average molecular weight is 494 g/mol. The first-order valence-corrected chi connectivity index (χ1v) is 13.8. The maximum Gasteiger partial charge on any atom is 0.220 e. The summed E-state index contributed by atoms with van der Waals surface area (Å²) in [5.41, 5.74) is 7.40. The van der Waals surface area contributed by atoms with Crippen molar-refractivity contribution < 1.29 is 4.79 Å². The lowest BCUT2D eigenvalue weighted by molar-refractivity contribution is -0.121. The molecule has 1 N–H and O–H groups in total. The Morgan fingerprint density at radius 1 is 0.892 bits per heavy atom. The van der Waals surface area contributed by atoms with Crippen molar-refractivity contribution in [3.8, 4) is 0 Å². The van der Waals surface area contributed by atoms with Gasteiger partial charge in [0.15, 0.2) is 0 Å². The number of aryl methyl sites for hydroxylation is 2. The number of nitrogens with zero attached hydrogens (tertiary/aromatic N) is 2. The summed E-state index contributed by atoms with van der Waals surface area (Å²) in [7, 11) is 0. The second kappa shape index (κ2) is 11.8. The Morgan fingerprint density at radius 3 is 2.46 bits per heavy atom. The summed E-state index contributed by atoms with van der Waals surface area (Å²) in [6.07, 6.45) is 6.60. The Kier molecular flexibility index (Phi) is 8.05. The summed E-state index contributed by atoms with van der Waals surface area (Å²) in [6.45, 7) is 9.02. The molecule has 1 aliphatic rings. The molecule has 0 aliphatic carbocycles. The van der Waals surface area contributed by atoms with Crippen LogP contribution in [0.15, 0.2) is 79.0 Å². The molecule has 4 nitrogen and oxygen atoms in total. The van der Waals surface area contributed by atoms with E-state index < -0.39 is 0 Å². The van der Waals surface area contributed by atoms with Gasteiger partial charge in [-0.15, -0.1) is 0 Å². The predicted octanol–water partition coefficient (Wildman–Crippen LogP) is 6.43. The van der Waals surface area contributed by atoms with Crippen molar-refractivity contribution in [1.82, 2.24) is 14.8 Å². The van der Waals surface area contributed by atoms with Gasteiger partial charge >= 0.3 is 0 Å². The van der Waals surface area contributed by atoms with E-state index in [9.17, 15) is 4.79 Å². The van der Waals surface area contributed by atoms with E-state index in [-0.39, 0.29) is 11.8 Å². The summed E-state index contributed by atoms with van der Waals surface area (Å²) in [5.74, 6) is 0.123. The molecule has 192 valence electrons. The Balaban J connectivity index is 1.41. The topological polar surface area (TPSA) is 37.3 Å². The lowest BCUT2D eigenvalue weighted by Gasteiger charge is -2.26. The van der Waals surface area contributed by atoms with Crippen LogP contribution in [0.2, 0.25) is 0 Å². The smallest absolute Gasteiger partial charge is 0.220 e. The molecule has 4 aromatic rings. The monoisotopic (exact) mass is 493 g/mol. The molecule has 4 heteroatoms. The molecular weight excluding hydrogens is 454 g/mol. The number of hydrogen-bond acceptors (Lipinski definition) is 2. The van der Waals surface area contributed by atoms with Crippen molar-refractivity contribution in [3.63, 3.8) is 0 Å². The lowest BCUT2D eigenvalue weighted by Crippen LogP contribution is -2.38. The summed E-state index contributed by atoms with van der Waals surface area (Å²) in [5, 5.41) is 4.45. The van der Waals surface area contributed by atoms with Gasteiger partial charge in [-0.1, -0.05) is 84.3 Å². The SMILES string of the molecule is Cc1ccc(Cn2cc(C(CC(=O)NCCN3CCCCC3)c3cccc(C)c3)c3ccccc32)cc1. The Morgan fingerprint density at radius 2 is 1.68 bits per heavy atom. The third kappa shape index (κ3) is 6.31. The van der Waals surface area contributed by atoms with E-state index in [1.54, 1.807) is 0 Å². The highest BCUT2D eigenvalue weighted by Crippen LogP contribution is 2.35. The fourth-order valence-electron chi connectivity index (χ4n) is 5.66. The fraction of sp³-hybridized carbons (Fsp3) is 0.364. The van der Waals surface area contributed by atoms with Crippen molar-refractivity contribution in [3.05, 3.63) is 107 Å². The van der Waals surface area contributed by atoms with Gasteiger partial charge in [0.05, 0.1) is 0 Å². The number of rotatable bonds is 9. The van der Waals surface area contributed by atoms with Crippen molar-refractivity contribution in [2.75, 3.05) is 26.2 Å². The zero-order valence-corrected chi connectivity index (χ0v) is 22.2. The maximum absolute atomic E-state index is 13.3. The average Bonchev–Trinajstić information content (AvgIpc) is 3.27. The summed E-state index contributed by atoms with van der Waals surface area (Å²) < 4.78 is 2.34. The molecule has 0 spiro atoms. The number of amides is 1. The quantitative estimate of drug-likeness (QED) is 0.292. The number of fused-ring (bicyclic) bond motifs is 1. The molecule has 1 aliphatic heterocycles. The Bertz CT molecular complexity index is 1330. The normalized spacial score (nSPS) is 15.1. The molecule has 0 saturated carbocycles. The summed E-state index contributed by atoms with van der Waals surface area (Å²) >= 11 is 0. The Hall–Kier alpha value is -3.37. The van der Waals surface area contributed by atoms with Gasteiger partial charge in [-0.3, -0.25) is 4.79 Å². The first-order chi connectivity index (χ1) is 18.1. The Labute approximate surface area is 221 Å². The third-order valence-electron chi connectivity index (χ3n) is 7.70. The summed E-state index contributed by atoms with van der Waals surface area (Å²) in [6, 6.07) is 26.0. The molecule has 3 aromatic carbocycles. The molecule has 1 unspecified atom stereocenters. The molecule has 1 atom stereocenters. The second-order valence-corrected chi connectivity index (χ2v) is 10.6. The zero-order valence-electron chi connectivity index (χ0n) is 22.2. The molecule has 2 heterocycles. The van der Waals surface area contributed by atoms with Gasteiger partial charge in [0.2, 0.25) is 5.91 Å². The third-order valence-corrected chi connectivity index (χ3v) is 7.70. The minimum atomic E-state index is -0.000875. The van der Waals surface area contributed by atoms with Gasteiger partial charge in [0.1, 0.15) is 0 Å². The van der Waals surface area contributed by atoms with Crippen LogP contribution in [0.4, 0.5) is 0 Å². The van der Waals surface area contributed by atoms with E-state index >= 15 is 0 Å². The van der Waals surface area contributed by atoms with Crippen LogP contribution in [0.25, 0.3) is 10.9 Å². The van der Waals surface area contributed by atoms with Crippen molar-refractivity contribution in [2.45, 2.75) is 52.0 Å². The maximum atomic E-state index is 13.3. The van der Waals surface area contributed by atoms with Crippen LogP contribution in [0.5, 0.6) is 0 Å². The first-order valence-electron chi connectivity index (χ1n) is 13.8. The van der Waals surface area contributed by atoms with Crippen molar-refractivity contribution in [2.24, 2.45) is 0 Å². The lowest BCUT2D eigenvalue weighted by atomic mass is 9.87. The largest absolute Gasteiger partial charge is 0.355 e. The molecule has 0 bridgehead atoms. The molecule has 5 rings (SSSR count). The standard InChI is InChI=1S/C33H39N3O/c1-25-13-15-27(16-14-25)23-36-24-31(29-11-4-5-12-32(29)36)30(28-10-8-9-26(2)21-28)22-33(37)34-17-20-35-18-6-3-7-19-35/h4-5,8-16,21,24,30H,3,6-7,17-20,22-23H2,1-2H3,(H,34,37). The van der Waals surface area contributed by atoms with Crippen LogP contribution in [-0.4, -0.2) is 41.6 Å². The van der Waals surface area contributed by atoms with Crippen LogP contribution in [0.3, 0.4) is 0 Å². The summed E-state index contributed by atoms with van der Waals surface area (Å²) in [4.78, 5) is 15.7. The number of benzene rings is 3. The van der Waals surface area contributed by atoms with E-state index in [2.05, 4.69) is 108 Å². The number of likely N-dealkylation sites (tertiary alicyclic amines) is 1. The minimum Gasteiger partial charge on any atom is -0.355 e. The van der Waals surface area contributed by atoms with Gasteiger partial charge in [0, 0.05) is 49.1 Å². The van der Waals surface area contributed by atoms with Crippen LogP contribution in [0, 0.1) is 13.8 Å². The number of carbonyl (C=O) groups is 1. The number of nitrogens with one attached hydrogen (secondary N) is 1. The van der Waals surface area contributed by atoms with Crippen LogP contribution in [-0.2, 0) is 11.3 Å². The zero-order chi connectivity index (χ0) is 25.6. The van der Waals surface area contributed by atoms with Gasteiger partial charge in [-0.25, -0.2) is 0 Å². The highest BCUT2D eigenvalue weighted by Gasteiger charge is 2.23. The van der Waals surface area contributed by atoms with E-state index in [0.29, 0.717) is 13.0 Å². The fourth-order valence-corrected chi connectivity index (χ4v) is 5.66. The van der Waals surface area contributed by atoms with Crippen LogP contribution >= 0.6 is 0 Å². The van der Waals surface area contributed by atoms with Gasteiger partial charge < -0.3 is 14.8 Å². The molecule has 1 aromatic heterocycles. The van der Waals surface area contributed by atoms with Gasteiger partial charge in [-0.2, -0.15) is 0 Å². The highest BCUT2D eigenvalue weighted by atomic mass is 16.1. The number of piperidine rings is 1. The number of carbonyl (C=O) groups excluding carboxylic acids is 1. The molecule has 1 amide bonds. The van der Waals surface area contributed by atoms with Gasteiger partial charge in [-0.05, 0) is 62.5 Å². The van der Waals surface area contributed by atoms with Gasteiger partial charge in [0.25, 0.3) is 0 Å². The van der Waals surface area contributed by atoms with E-state index in [1.807, 2.05) is 0 Å². The number of aromatic nitrogens is 1. The van der Waals surface area contributed by atoms with Crippen LogP contribution in [0.1, 0.15) is 59.4 Å². The number of para-hydroxylation sites is 1. The molecular formula is C33H39N3O. The van der Waals surface area contributed by atoms with E-state index in [4.69, 9.17) is 0 Å². The highest BCUT2D eigenvalue weighted by molar-refractivity contribution is 5.86. The van der Waals surface area contributed by atoms with E-state index in [0.717, 1.165) is 26.2 Å². The molecule has 37 heavy (non-hydrogen) atoms. The number of hydrogen-bond donors (Lipinski definition) is 1. The van der Waals surface area contributed by atoms with Crippen molar-refractivity contribution >= 4 is 16.8 Å². The molecule has 0 radical (unpaired) electrons. The molecule has 1 fully saturated rings. The minimum absolute atomic E-state index is 0.000875. The molecule has 1 saturated heterocycles. The van der Waals surface area contributed by atoms with E-state index in [1.165, 1.54) is 58.0 Å².